The molecule has 8 heteroatoms. The monoisotopic (exact) mass is 426 g/mol. The van der Waals surface area contributed by atoms with Crippen LogP contribution in [0.5, 0.6) is 0 Å². The fraction of sp³-hybridized carbons (Fsp3) is 0.381. The Labute approximate surface area is 176 Å². The van der Waals surface area contributed by atoms with Gasteiger partial charge in [0.1, 0.15) is 14.7 Å². The van der Waals surface area contributed by atoms with Gasteiger partial charge in [-0.1, -0.05) is 0 Å². The van der Waals surface area contributed by atoms with Gasteiger partial charge in [0.2, 0.25) is 0 Å². The van der Waals surface area contributed by atoms with Gasteiger partial charge in [0, 0.05) is 35.5 Å². The van der Waals surface area contributed by atoms with E-state index in [2.05, 4.69) is 23.3 Å². The molecular formula is C21H22N4O2S2. The number of likely N-dealkylation sites (N-methyl/N-ethyl adjacent to an activating group) is 1. The fourth-order valence-corrected chi connectivity index (χ4v) is 6.52. The van der Waals surface area contributed by atoms with Crippen molar-refractivity contribution >= 4 is 55.8 Å². The molecule has 29 heavy (non-hydrogen) atoms. The standard InChI is InChI=1S/C21H22N4O2S2/c1-25-7-6-15-11(9-25)8-13-17(22)18(29-20(13)23-15)19(27)24-21-14(10-26)12-4-2-3-5-16(12)28-21/h8,10H,2-7,9,22H2,1H3,(H,24,27). The summed E-state index contributed by atoms with van der Waals surface area (Å²) in [4.78, 5) is 34.2. The van der Waals surface area contributed by atoms with E-state index < -0.39 is 0 Å². The number of hydrogen-bond donors (Lipinski definition) is 2. The van der Waals surface area contributed by atoms with Crippen LogP contribution in [0.15, 0.2) is 6.07 Å². The van der Waals surface area contributed by atoms with E-state index in [0.29, 0.717) is 21.1 Å². The molecule has 6 nitrogen and oxygen atoms in total. The van der Waals surface area contributed by atoms with Crippen LogP contribution in [0.2, 0.25) is 0 Å². The van der Waals surface area contributed by atoms with Crippen LogP contribution in [0.1, 0.15) is 54.6 Å². The molecule has 0 spiro atoms. The summed E-state index contributed by atoms with van der Waals surface area (Å²) in [5.41, 5.74) is 10.8. The van der Waals surface area contributed by atoms with Crippen LogP contribution in [0.25, 0.3) is 10.2 Å². The van der Waals surface area contributed by atoms with Gasteiger partial charge in [-0.3, -0.25) is 9.59 Å². The molecule has 1 aliphatic heterocycles. The van der Waals surface area contributed by atoms with Crippen molar-refractivity contribution in [2.75, 3.05) is 24.6 Å². The van der Waals surface area contributed by atoms with Gasteiger partial charge in [0.25, 0.3) is 5.91 Å². The van der Waals surface area contributed by atoms with E-state index in [0.717, 1.165) is 73.0 Å². The highest BCUT2D eigenvalue weighted by Crippen LogP contribution is 2.39. The molecule has 0 aromatic carbocycles. The topological polar surface area (TPSA) is 88.3 Å². The molecule has 1 aliphatic carbocycles. The van der Waals surface area contributed by atoms with E-state index in [4.69, 9.17) is 10.7 Å². The number of carbonyl (C=O) groups excluding carboxylic acids is 2. The largest absolute Gasteiger partial charge is 0.397 e. The zero-order valence-corrected chi connectivity index (χ0v) is 17.8. The fourth-order valence-electron chi connectivity index (χ4n) is 4.27. The third kappa shape index (κ3) is 3.15. The molecule has 0 atom stereocenters. The van der Waals surface area contributed by atoms with E-state index in [9.17, 15) is 9.59 Å². The molecule has 0 fully saturated rings. The number of thiophene rings is 2. The molecule has 1 amide bonds. The van der Waals surface area contributed by atoms with Gasteiger partial charge in [0.05, 0.1) is 11.3 Å². The number of aldehydes is 1. The van der Waals surface area contributed by atoms with Gasteiger partial charge >= 0.3 is 0 Å². The van der Waals surface area contributed by atoms with Crippen LogP contribution >= 0.6 is 22.7 Å². The van der Waals surface area contributed by atoms with E-state index in [1.165, 1.54) is 33.1 Å². The summed E-state index contributed by atoms with van der Waals surface area (Å²) in [5.74, 6) is -0.262. The van der Waals surface area contributed by atoms with Crippen molar-refractivity contribution in [1.82, 2.24) is 9.88 Å². The average molecular weight is 427 g/mol. The molecule has 150 valence electrons. The van der Waals surface area contributed by atoms with Crippen LogP contribution < -0.4 is 11.1 Å². The number of fused-ring (bicyclic) bond motifs is 3. The lowest BCUT2D eigenvalue weighted by molar-refractivity contribution is 0.103. The van der Waals surface area contributed by atoms with E-state index in [1.807, 2.05) is 0 Å². The van der Waals surface area contributed by atoms with Crippen molar-refractivity contribution in [3.05, 3.63) is 38.2 Å². The molecule has 3 aromatic heterocycles. The van der Waals surface area contributed by atoms with Gasteiger partial charge in [-0.25, -0.2) is 4.98 Å². The predicted molar refractivity (Wildman–Crippen MR) is 118 cm³/mol. The molecule has 0 saturated carbocycles. The van der Waals surface area contributed by atoms with Crippen LogP contribution in [0, 0.1) is 0 Å². The summed E-state index contributed by atoms with van der Waals surface area (Å²) >= 11 is 2.85. The van der Waals surface area contributed by atoms with Crippen molar-refractivity contribution in [3.63, 3.8) is 0 Å². The molecule has 3 aromatic rings. The first-order valence-electron chi connectivity index (χ1n) is 9.85. The third-order valence-electron chi connectivity index (χ3n) is 5.82. The quantitative estimate of drug-likeness (QED) is 0.621. The minimum Gasteiger partial charge on any atom is -0.397 e. The molecule has 0 radical (unpaired) electrons. The van der Waals surface area contributed by atoms with E-state index in [-0.39, 0.29) is 5.91 Å². The Morgan fingerprint density at radius 2 is 2.10 bits per heavy atom. The number of aromatic nitrogens is 1. The number of nitrogen functional groups attached to an aromatic ring is 1. The number of amides is 1. The van der Waals surface area contributed by atoms with Crippen molar-refractivity contribution in [2.45, 2.75) is 38.6 Å². The number of hydrogen-bond acceptors (Lipinski definition) is 7. The van der Waals surface area contributed by atoms with Crippen LogP contribution in [0.3, 0.4) is 0 Å². The van der Waals surface area contributed by atoms with Crippen molar-refractivity contribution in [3.8, 4) is 0 Å². The maximum absolute atomic E-state index is 13.0. The molecule has 3 N–H and O–H groups in total. The van der Waals surface area contributed by atoms with Crippen molar-refractivity contribution < 1.29 is 9.59 Å². The minimum absolute atomic E-state index is 0.262. The first kappa shape index (κ1) is 18.7. The lowest BCUT2D eigenvalue weighted by Crippen LogP contribution is -2.27. The number of pyridine rings is 1. The Balaban J connectivity index is 1.50. The van der Waals surface area contributed by atoms with Gasteiger partial charge in [-0.05, 0) is 49.9 Å². The van der Waals surface area contributed by atoms with Crippen LogP contribution in [-0.4, -0.2) is 35.7 Å². The molecule has 2 aliphatic rings. The number of nitrogens with two attached hydrogens (primary N) is 1. The van der Waals surface area contributed by atoms with Crippen molar-refractivity contribution in [2.24, 2.45) is 0 Å². The lowest BCUT2D eigenvalue weighted by atomic mass is 9.96. The zero-order valence-electron chi connectivity index (χ0n) is 16.2. The molecule has 4 heterocycles. The second-order valence-electron chi connectivity index (χ2n) is 7.81. The highest BCUT2D eigenvalue weighted by Gasteiger charge is 2.25. The highest BCUT2D eigenvalue weighted by atomic mass is 32.1. The smallest absolute Gasteiger partial charge is 0.268 e. The highest BCUT2D eigenvalue weighted by molar-refractivity contribution is 7.21. The maximum atomic E-state index is 13.0. The van der Waals surface area contributed by atoms with E-state index in [1.54, 1.807) is 0 Å². The Bertz CT molecular complexity index is 1150. The van der Waals surface area contributed by atoms with Gasteiger partial charge in [-0.15, -0.1) is 22.7 Å². The predicted octanol–water partition coefficient (Wildman–Crippen LogP) is 3.87. The summed E-state index contributed by atoms with van der Waals surface area (Å²) in [6.45, 7) is 1.83. The molecule has 5 rings (SSSR count). The SMILES string of the molecule is CN1CCc2nc3sc(C(=O)Nc4sc5c(c4C=O)CCCC5)c(N)c3cc2C1. The summed E-state index contributed by atoms with van der Waals surface area (Å²) in [5, 5.41) is 4.44. The number of rotatable bonds is 3. The lowest BCUT2D eigenvalue weighted by Gasteiger charge is -2.24. The number of nitrogens with zero attached hydrogens (tertiary/aromatic N) is 2. The molecule has 0 bridgehead atoms. The summed E-state index contributed by atoms with van der Waals surface area (Å²) in [6.07, 6.45) is 5.89. The van der Waals surface area contributed by atoms with Gasteiger partial charge in [0.15, 0.2) is 6.29 Å². The Kier molecular flexibility index (Phi) is 4.64. The zero-order chi connectivity index (χ0) is 20.1. The maximum Gasteiger partial charge on any atom is 0.268 e. The van der Waals surface area contributed by atoms with Gasteiger partial charge < -0.3 is 16.0 Å². The Hall–Kier alpha value is -2.29. The molecular weight excluding hydrogens is 404 g/mol. The average Bonchev–Trinajstić information content (AvgIpc) is 3.23. The number of nitrogens with one attached hydrogen (secondary N) is 1. The van der Waals surface area contributed by atoms with Crippen LogP contribution in [-0.2, 0) is 25.8 Å². The summed E-state index contributed by atoms with van der Waals surface area (Å²) in [6, 6.07) is 2.08. The third-order valence-corrected chi connectivity index (χ3v) is 8.16. The second-order valence-corrected chi connectivity index (χ2v) is 9.91. The number of carbonyl (C=O) groups is 2. The van der Waals surface area contributed by atoms with Crippen LogP contribution in [0.4, 0.5) is 10.7 Å². The first-order valence-corrected chi connectivity index (χ1v) is 11.5. The van der Waals surface area contributed by atoms with Gasteiger partial charge in [-0.2, -0.15) is 0 Å². The first-order chi connectivity index (χ1) is 14.0. The van der Waals surface area contributed by atoms with Crippen molar-refractivity contribution in [1.29, 1.82) is 0 Å². The Morgan fingerprint density at radius 3 is 2.93 bits per heavy atom. The summed E-state index contributed by atoms with van der Waals surface area (Å²) < 4.78 is 0. The normalized spacial score (nSPS) is 16.4. The Morgan fingerprint density at radius 1 is 1.28 bits per heavy atom. The minimum atomic E-state index is -0.262. The number of anilines is 2. The molecule has 0 unspecified atom stereocenters. The number of aryl methyl sites for hydroxylation is 1. The van der Waals surface area contributed by atoms with E-state index >= 15 is 0 Å². The molecule has 0 saturated heterocycles. The second kappa shape index (κ2) is 7.19. The summed E-state index contributed by atoms with van der Waals surface area (Å²) in [7, 11) is 2.09.